The fourth-order valence-electron chi connectivity index (χ4n) is 4.94. The number of benzene rings is 2. The predicted octanol–water partition coefficient (Wildman–Crippen LogP) is 5.32. The molecule has 168 valence electrons. The number of anilines is 2. The van der Waals surface area contributed by atoms with Crippen LogP contribution in [-0.2, 0) is 16.6 Å². The summed E-state index contributed by atoms with van der Waals surface area (Å²) < 4.78 is 5.97. The lowest BCUT2D eigenvalue weighted by Gasteiger charge is -2.35. The number of hydrogen-bond acceptors (Lipinski definition) is 5. The van der Waals surface area contributed by atoms with Gasteiger partial charge in [0.25, 0.3) is 0 Å². The van der Waals surface area contributed by atoms with Crippen LogP contribution >= 0.6 is 23.1 Å². The van der Waals surface area contributed by atoms with Crippen molar-refractivity contribution in [1.29, 1.82) is 0 Å². The first-order valence-corrected chi connectivity index (χ1v) is 12.5. The van der Waals surface area contributed by atoms with Crippen molar-refractivity contribution in [2.45, 2.75) is 38.5 Å². The lowest BCUT2D eigenvalue weighted by molar-refractivity contribution is -0.117. The first-order valence-electron chi connectivity index (χ1n) is 11.4. The summed E-state index contributed by atoms with van der Waals surface area (Å²) in [6.07, 6.45) is 2.54. The molecule has 0 atom stereocenters. The zero-order chi connectivity index (χ0) is 22.3. The average molecular weight is 469 g/mol. The van der Waals surface area contributed by atoms with Gasteiger partial charge in [-0.15, -0.1) is 0 Å². The molecule has 5 rings (SSSR count). The Morgan fingerprint density at radius 2 is 1.94 bits per heavy atom. The van der Waals surface area contributed by atoms with E-state index in [9.17, 15) is 4.79 Å². The molecule has 0 radical (unpaired) electrons. The third-order valence-electron chi connectivity index (χ3n) is 6.74. The van der Waals surface area contributed by atoms with Crippen LogP contribution in [-0.4, -0.2) is 47.9 Å². The van der Waals surface area contributed by atoms with Crippen LogP contribution in [0.5, 0.6) is 0 Å². The van der Waals surface area contributed by atoms with E-state index >= 15 is 0 Å². The fraction of sp³-hybridized carbons (Fsp3) is 0.440. The number of rotatable bonds is 5. The van der Waals surface area contributed by atoms with Crippen LogP contribution in [0.4, 0.5) is 11.5 Å². The zero-order valence-corrected chi connectivity index (χ0v) is 20.2. The number of fused-ring (bicyclic) bond motifs is 2. The predicted molar refractivity (Wildman–Crippen MR) is 134 cm³/mol. The van der Waals surface area contributed by atoms with Crippen LogP contribution in [0, 0.1) is 0 Å². The van der Waals surface area contributed by atoms with Gasteiger partial charge in [-0.1, -0.05) is 43.6 Å². The minimum atomic E-state index is -0.160. The molecule has 0 spiro atoms. The van der Waals surface area contributed by atoms with Crippen molar-refractivity contribution in [2.24, 2.45) is 0 Å². The molecular formula is C25H29ClN4OS. The van der Waals surface area contributed by atoms with E-state index in [1.165, 1.54) is 21.2 Å². The van der Waals surface area contributed by atoms with E-state index in [-0.39, 0.29) is 11.3 Å². The maximum atomic E-state index is 12.0. The van der Waals surface area contributed by atoms with Gasteiger partial charge < -0.3 is 10.2 Å². The number of carbonyl (C=O) groups is 1. The van der Waals surface area contributed by atoms with Crippen molar-refractivity contribution in [1.82, 2.24) is 9.27 Å². The lowest BCUT2D eigenvalue weighted by atomic mass is 9.77. The Labute approximate surface area is 198 Å². The van der Waals surface area contributed by atoms with Gasteiger partial charge in [-0.3, -0.25) is 9.69 Å². The molecule has 1 saturated heterocycles. The van der Waals surface area contributed by atoms with Crippen molar-refractivity contribution in [3.8, 4) is 0 Å². The highest BCUT2D eigenvalue weighted by Gasteiger charge is 2.32. The van der Waals surface area contributed by atoms with Crippen molar-refractivity contribution in [3.05, 3.63) is 52.5 Å². The highest BCUT2D eigenvalue weighted by Crippen LogP contribution is 2.40. The first kappa shape index (κ1) is 21.7. The monoisotopic (exact) mass is 468 g/mol. The summed E-state index contributed by atoms with van der Waals surface area (Å²) in [7, 11) is 0. The molecule has 1 amide bonds. The van der Waals surface area contributed by atoms with Gasteiger partial charge >= 0.3 is 0 Å². The highest BCUT2D eigenvalue weighted by atomic mass is 35.5. The molecule has 0 saturated carbocycles. The van der Waals surface area contributed by atoms with Gasteiger partial charge in [0.1, 0.15) is 5.82 Å². The third-order valence-corrected chi connectivity index (χ3v) is 7.91. The van der Waals surface area contributed by atoms with E-state index in [4.69, 9.17) is 16.0 Å². The van der Waals surface area contributed by atoms with Crippen molar-refractivity contribution < 1.29 is 4.79 Å². The lowest BCUT2D eigenvalue weighted by Crippen LogP contribution is -2.46. The van der Waals surface area contributed by atoms with Crippen LogP contribution in [0.2, 0.25) is 5.02 Å². The second-order valence-corrected chi connectivity index (χ2v) is 10.7. The molecular weight excluding hydrogens is 440 g/mol. The smallest absolute Gasteiger partial charge is 0.225 e. The van der Waals surface area contributed by atoms with E-state index in [0.717, 1.165) is 62.1 Å². The molecule has 2 aliphatic rings. The Hall–Kier alpha value is -2.15. The standard InChI is InChI=1S/C25H29ClN4OS/c1-25(2)16-23(31)27-21-15-20(26)17(14-19(21)25)6-5-9-29-10-12-30(13-11-29)24-18-7-3-4-8-22(18)32-28-24/h3-4,7-8,14-15H,5-6,9-13,16H2,1-2H3,(H,27,31). The third kappa shape index (κ3) is 4.24. The Morgan fingerprint density at radius 1 is 1.16 bits per heavy atom. The van der Waals surface area contributed by atoms with Gasteiger partial charge in [0.15, 0.2) is 0 Å². The SMILES string of the molecule is CC1(C)CC(=O)Nc2cc(Cl)c(CCCN3CCN(c4nsc5ccccc45)CC3)cc21. The number of nitrogens with one attached hydrogen (secondary N) is 1. The Balaban J connectivity index is 1.17. The molecule has 3 heterocycles. The van der Waals surface area contributed by atoms with Crippen LogP contribution < -0.4 is 10.2 Å². The Kier molecular flexibility index (Phi) is 5.86. The number of aromatic nitrogens is 1. The minimum absolute atomic E-state index is 0.0658. The first-order chi connectivity index (χ1) is 15.4. The maximum absolute atomic E-state index is 12.0. The number of carbonyl (C=O) groups excluding carboxylic acids is 1. The summed E-state index contributed by atoms with van der Waals surface area (Å²) in [6.45, 7) is 9.48. The maximum Gasteiger partial charge on any atom is 0.225 e. The van der Waals surface area contributed by atoms with Crippen LogP contribution in [0.15, 0.2) is 36.4 Å². The van der Waals surface area contributed by atoms with Gasteiger partial charge in [0, 0.05) is 54.1 Å². The van der Waals surface area contributed by atoms with E-state index in [1.54, 1.807) is 11.5 Å². The van der Waals surface area contributed by atoms with Gasteiger partial charge in [-0.2, -0.15) is 4.37 Å². The van der Waals surface area contributed by atoms with Crippen molar-refractivity contribution >= 4 is 50.6 Å². The molecule has 5 nitrogen and oxygen atoms in total. The molecule has 32 heavy (non-hydrogen) atoms. The van der Waals surface area contributed by atoms with Gasteiger partial charge in [0.05, 0.1) is 4.70 Å². The van der Waals surface area contributed by atoms with E-state index in [1.807, 2.05) is 6.07 Å². The summed E-state index contributed by atoms with van der Waals surface area (Å²) in [6, 6.07) is 12.6. The molecule has 2 aliphatic heterocycles. The molecule has 1 aromatic heterocycles. The second kappa shape index (κ2) is 8.65. The zero-order valence-electron chi connectivity index (χ0n) is 18.7. The van der Waals surface area contributed by atoms with Gasteiger partial charge in [-0.05, 0) is 60.2 Å². The quantitative estimate of drug-likeness (QED) is 0.550. The number of piperazine rings is 1. The summed E-state index contributed by atoms with van der Waals surface area (Å²) in [5, 5.41) is 5.00. The van der Waals surface area contributed by atoms with Crippen LogP contribution in [0.25, 0.3) is 10.1 Å². The van der Waals surface area contributed by atoms with Crippen molar-refractivity contribution in [2.75, 3.05) is 42.9 Å². The highest BCUT2D eigenvalue weighted by molar-refractivity contribution is 7.13. The van der Waals surface area contributed by atoms with Crippen molar-refractivity contribution in [3.63, 3.8) is 0 Å². The number of halogens is 1. The fourth-order valence-corrected chi connectivity index (χ4v) is 5.99. The van der Waals surface area contributed by atoms with E-state index < -0.39 is 0 Å². The summed E-state index contributed by atoms with van der Waals surface area (Å²) in [5.74, 6) is 1.21. The summed E-state index contributed by atoms with van der Waals surface area (Å²) in [5.41, 5.74) is 3.08. The second-order valence-electron chi connectivity index (χ2n) is 9.53. The number of hydrogen-bond donors (Lipinski definition) is 1. The molecule has 7 heteroatoms. The average Bonchev–Trinajstić information content (AvgIpc) is 3.18. The van der Waals surface area contributed by atoms with Crippen LogP contribution in [0.3, 0.4) is 0 Å². The van der Waals surface area contributed by atoms with Crippen LogP contribution in [0.1, 0.15) is 37.8 Å². The topological polar surface area (TPSA) is 48.5 Å². The summed E-state index contributed by atoms with van der Waals surface area (Å²) >= 11 is 8.16. The number of amides is 1. The molecule has 2 aromatic carbocycles. The molecule has 0 unspecified atom stereocenters. The molecule has 1 fully saturated rings. The molecule has 0 aliphatic carbocycles. The largest absolute Gasteiger partial charge is 0.353 e. The molecule has 3 aromatic rings. The molecule has 1 N–H and O–H groups in total. The Bertz CT molecular complexity index is 1150. The van der Waals surface area contributed by atoms with Gasteiger partial charge in [0.2, 0.25) is 5.91 Å². The minimum Gasteiger partial charge on any atom is -0.353 e. The number of aryl methyl sites for hydroxylation is 1. The number of nitrogens with zero attached hydrogens (tertiary/aromatic N) is 3. The molecule has 0 bridgehead atoms. The Morgan fingerprint density at radius 3 is 2.75 bits per heavy atom. The van der Waals surface area contributed by atoms with E-state index in [0.29, 0.717) is 6.42 Å². The summed E-state index contributed by atoms with van der Waals surface area (Å²) in [4.78, 5) is 16.9. The van der Waals surface area contributed by atoms with Gasteiger partial charge in [-0.25, -0.2) is 0 Å². The normalized spacial score (nSPS) is 18.6. The van der Waals surface area contributed by atoms with E-state index in [2.05, 4.69) is 59.3 Å².